The molecule has 3 aliphatic carbocycles. The largest absolute Gasteiger partial charge is 0.389 e. The second-order valence-electron chi connectivity index (χ2n) is 7.93. The Kier molecular flexibility index (Phi) is 6.48. The smallest absolute Gasteiger partial charge is 0.0945 e. The minimum atomic E-state index is -0.516. The molecule has 0 bridgehead atoms. The first-order valence-corrected chi connectivity index (χ1v) is 10.9. The van der Waals surface area contributed by atoms with Crippen LogP contribution in [0.3, 0.4) is 0 Å². The molecule has 0 saturated carbocycles. The van der Waals surface area contributed by atoms with Gasteiger partial charge in [-0.1, -0.05) is 61.9 Å². The molecule has 1 atom stereocenters. The Hall–Kier alpha value is -2.36. The van der Waals surface area contributed by atoms with Crippen molar-refractivity contribution in [3.05, 3.63) is 70.2 Å². The van der Waals surface area contributed by atoms with Crippen molar-refractivity contribution in [3.63, 3.8) is 0 Å². The van der Waals surface area contributed by atoms with Crippen LogP contribution in [0.25, 0.3) is 22.9 Å². The van der Waals surface area contributed by atoms with E-state index >= 15 is 0 Å². The average Bonchev–Trinajstić information content (AvgIpc) is 3.12. The van der Waals surface area contributed by atoms with Crippen molar-refractivity contribution in [2.24, 2.45) is 0 Å². The lowest BCUT2D eigenvalue weighted by Gasteiger charge is -2.15. The first-order chi connectivity index (χ1) is 14.3. The van der Waals surface area contributed by atoms with E-state index in [2.05, 4.69) is 66.9 Å². The summed E-state index contributed by atoms with van der Waals surface area (Å²) in [7, 11) is 0. The van der Waals surface area contributed by atoms with Gasteiger partial charge in [0.1, 0.15) is 0 Å². The number of rotatable bonds is 8. The maximum absolute atomic E-state index is 10.3. The highest BCUT2D eigenvalue weighted by Crippen LogP contribution is 2.27. The Labute approximate surface area is 173 Å². The summed E-state index contributed by atoms with van der Waals surface area (Å²) in [5, 5.41) is 16.4. The number of hydrogen-bond donors (Lipinski definition) is 2. The Morgan fingerprint density at radius 3 is 2.90 bits per heavy atom. The zero-order valence-electron chi connectivity index (χ0n) is 17.3. The maximum Gasteiger partial charge on any atom is 0.0945 e. The summed E-state index contributed by atoms with van der Waals surface area (Å²) in [6.45, 7) is 3.71. The minimum Gasteiger partial charge on any atom is -0.389 e. The van der Waals surface area contributed by atoms with Gasteiger partial charge in [-0.2, -0.15) is 0 Å². The van der Waals surface area contributed by atoms with E-state index in [9.17, 15) is 5.11 Å². The van der Waals surface area contributed by atoms with E-state index in [0.29, 0.717) is 19.8 Å². The van der Waals surface area contributed by atoms with Gasteiger partial charge in [0.25, 0.3) is 0 Å². The fraction of sp³-hybridized carbons (Fsp3) is 0.385. The van der Waals surface area contributed by atoms with Crippen molar-refractivity contribution in [3.8, 4) is 0 Å². The molecule has 3 nitrogen and oxygen atoms in total. The summed E-state index contributed by atoms with van der Waals surface area (Å²) in [4.78, 5) is 0. The van der Waals surface area contributed by atoms with Crippen LogP contribution in [0.5, 0.6) is 0 Å². The molecule has 0 spiro atoms. The molecule has 0 radical (unpaired) electrons. The third kappa shape index (κ3) is 4.47. The first-order valence-electron chi connectivity index (χ1n) is 10.9. The fourth-order valence-electron chi connectivity index (χ4n) is 4.24. The summed E-state index contributed by atoms with van der Waals surface area (Å²) >= 11 is 0. The van der Waals surface area contributed by atoms with Crippen LogP contribution >= 0.6 is 0 Å². The van der Waals surface area contributed by atoms with E-state index in [-0.39, 0.29) is 0 Å². The monoisotopic (exact) mass is 389 g/mol. The van der Waals surface area contributed by atoms with Crippen molar-refractivity contribution < 1.29 is 9.84 Å². The number of nitrogens with one attached hydrogen (secondary N) is 1. The van der Waals surface area contributed by atoms with Crippen molar-refractivity contribution in [2.75, 3.05) is 19.8 Å². The molecule has 3 heteroatoms. The number of unbranched alkanes of at least 4 members (excludes halogenated alkanes) is 1. The second-order valence-corrected chi connectivity index (χ2v) is 7.93. The van der Waals surface area contributed by atoms with Gasteiger partial charge < -0.3 is 15.2 Å². The molecule has 1 aromatic carbocycles. The molecule has 0 fully saturated rings. The van der Waals surface area contributed by atoms with Crippen molar-refractivity contribution in [2.45, 2.75) is 45.1 Å². The summed E-state index contributed by atoms with van der Waals surface area (Å²) in [6.07, 6.45) is 20.3. The normalized spacial score (nSPS) is 17.9. The van der Waals surface area contributed by atoms with E-state index < -0.39 is 6.10 Å². The van der Waals surface area contributed by atoms with Gasteiger partial charge in [0.15, 0.2) is 0 Å². The third-order valence-electron chi connectivity index (χ3n) is 5.73. The number of benzene rings is 1. The topological polar surface area (TPSA) is 41.5 Å². The molecule has 2 N–H and O–H groups in total. The second kappa shape index (κ2) is 9.43. The Bertz CT molecular complexity index is 994. The number of aliphatic hydroxyl groups is 1. The standard InChI is InChI=1S/C26H31NO2/c1-2-3-16-29-18-22(28)17-27-24-13-7-12-20-11-6-10-19-8-4-5-9-21-14-15-23(24)26(20)25(19)21/h5-9,11,13-15,22,27-28H,2-4,10,12,16-18H2,1H3. The van der Waals surface area contributed by atoms with Crippen LogP contribution in [0.2, 0.25) is 0 Å². The van der Waals surface area contributed by atoms with Crippen LogP contribution in [0.4, 0.5) is 0 Å². The van der Waals surface area contributed by atoms with Crippen LogP contribution in [0.15, 0.2) is 48.6 Å². The summed E-state index contributed by atoms with van der Waals surface area (Å²) < 4.78 is 5.57. The first kappa shape index (κ1) is 19.9. The Morgan fingerprint density at radius 1 is 1.10 bits per heavy atom. The summed E-state index contributed by atoms with van der Waals surface area (Å²) in [5.74, 6) is 0. The lowest BCUT2D eigenvalue weighted by Crippen LogP contribution is -2.38. The molecule has 0 saturated heterocycles. The molecule has 152 valence electrons. The van der Waals surface area contributed by atoms with E-state index in [4.69, 9.17) is 4.74 Å². The molecule has 0 aliphatic heterocycles. The van der Waals surface area contributed by atoms with Gasteiger partial charge >= 0.3 is 0 Å². The van der Waals surface area contributed by atoms with Crippen LogP contribution in [0.1, 0.15) is 50.2 Å². The van der Waals surface area contributed by atoms with E-state index in [1.165, 1.54) is 32.7 Å². The van der Waals surface area contributed by atoms with Crippen LogP contribution in [0, 0.1) is 0 Å². The highest BCUT2D eigenvalue weighted by molar-refractivity contribution is 5.83. The highest BCUT2D eigenvalue weighted by atomic mass is 16.5. The van der Waals surface area contributed by atoms with Gasteiger partial charge in [-0.05, 0) is 59.3 Å². The summed E-state index contributed by atoms with van der Waals surface area (Å²) in [5.41, 5.74) is 6.54. The van der Waals surface area contributed by atoms with Crippen molar-refractivity contribution >= 4 is 22.9 Å². The third-order valence-corrected chi connectivity index (χ3v) is 5.73. The molecular weight excluding hydrogens is 358 g/mol. The van der Waals surface area contributed by atoms with Gasteiger partial charge in [-0.15, -0.1) is 0 Å². The molecule has 29 heavy (non-hydrogen) atoms. The number of hydrogen-bond acceptors (Lipinski definition) is 3. The quantitative estimate of drug-likeness (QED) is 0.670. The van der Waals surface area contributed by atoms with Gasteiger partial charge in [-0.3, -0.25) is 0 Å². The SMILES string of the molecule is CCCCOCC(O)CNC1=c2ccc3c4c2=C(C=CCC4=CCC=C3)CC=C1. The fourth-order valence-corrected chi connectivity index (χ4v) is 4.24. The van der Waals surface area contributed by atoms with Gasteiger partial charge in [0.05, 0.1) is 12.7 Å². The van der Waals surface area contributed by atoms with Crippen LogP contribution in [-0.2, 0) is 4.74 Å². The van der Waals surface area contributed by atoms with Crippen molar-refractivity contribution in [1.82, 2.24) is 5.32 Å². The molecule has 0 heterocycles. The molecule has 0 aromatic heterocycles. The molecule has 4 rings (SSSR count). The van der Waals surface area contributed by atoms with Crippen LogP contribution < -0.4 is 15.8 Å². The predicted octanol–water partition coefficient (Wildman–Crippen LogP) is 3.43. The molecule has 3 aliphatic rings. The van der Waals surface area contributed by atoms with Crippen molar-refractivity contribution in [1.29, 1.82) is 0 Å². The van der Waals surface area contributed by atoms with Gasteiger partial charge in [0, 0.05) is 24.1 Å². The molecule has 1 aromatic rings. The Morgan fingerprint density at radius 2 is 2.00 bits per heavy atom. The predicted molar refractivity (Wildman–Crippen MR) is 121 cm³/mol. The molecule has 0 amide bonds. The Balaban J connectivity index is 1.69. The zero-order chi connectivity index (χ0) is 20.1. The lowest BCUT2D eigenvalue weighted by atomic mass is 9.93. The van der Waals surface area contributed by atoms with E-state index in [1.54, 1.807) is 0 Å². The number of aliphatic hydroxyl groups excluding tert-OH is 1. The summed E-state index contributed by atoms with van der Waals surface area (Å²) in [6, 6.07) is 4.46. The van der Waals surface area contributed by atoms with E-state index in [0.717, 1.165) is 37.8 Å². The highest BCUT2D eigenvalue weighted by Gasteiger charge is 2.17. The van der Waals surface area contributed by atoms with Gasteiger partial charge in [-0.25, -0.2) is 0 Å². The number of allylic oxidation sites excluding steroid dienone is 6. The number of ether oxygens (including phenoxy) is 1. The lowest BCUT2D eigenvalue weighted by molar-refractivity contribution is 0.0378. The zero-order valence-corrected chi connectivity index (χ0v) is 17.3. The van der Waals surface area contributed by atoms with Gasteiger partial charge in [0.2, 0.25) is 0 Å². The molecule has 1 unspecified atom stereocenters. The van der Waals surface area contributed by atoms with E-state index in [1.807, 2.05) is 0 Å². The molecular formula is C26H31NO2. The minimum absolute atomic E-state index is 0.374. The maximum atomic E-state index is 10.3. The average molecular weight is 390 g/mol. The van der Waals surface area contributed by atoms with Crippen LogP contribution in [-0.4, -0.2) is 31.0 Å².